The summed E-state index contributed by atoms with van der Waals surface area (Å²) in [6, 6.07) is 0.259. The molecule has 0 spiro atoms. The third kappa shape index (κ3) is 2.15. The molecule has 0 unspecified atom stereocenters. The molecule has 1 N–H and O–H groups in total. The largest absolute Gasteiger partial charge is 0.481 e. The second-order valence-corrected chi connectivity index (χ2v) is 6.56. The number of hydrogen-bond donors (Lipinski definition) is 1. The lowest BCUT2D eigenvalue weighted by atomic mass is 9.61. The lowest BCUT2D eigenvalue weighted by Gasteiger charge is -2.45. The van der Waals surface area contributed by atoms with Crippen molar-refractivity contribution in [3.63, 3.8) is 0 Å². The van der Waals surface area contributed by atoms with E-state index in [1.165, 1.54) is 6.42 Å². The molecule has 5 atom stereocenters. The first-order chi connectivity index (χ1) is 9.59. The van der Waals surface area contributed by atoms with Gasteiger partial charge in [0.1, 0.15) is 0 Å². The normalized spacial score (nSPS) is 39.9. The highest BCUT2D eigenvalue weighted by Crippen LogP contribution is 2.46. The third-order valence-electron chi connectivity index (χ3n) is 5.40. The van der Waals surface area contributed by atoms with Gasteiger partial charge in [-0.25, -0.2) is 0 Å². The van der Waals surface area contributed by atoms with Crippen LogP contribution in [0.5, 0.6) is 0 Å². The quantitative estimate of drug-likeness (QED) is 0.788. The van der Waals surface area contributed by atoms with E-state index >= 15 is 0 Å². The van der Waals surface area contributed by atoms with Gasteiger partial charge in [0.25, 0.3) is 0 Å². The second kappa shape index (κ2) is 5.23. The van der Waals surface area contributed by atoms with Crippen LogP contribution >= 0.6 is 0 Å². The van der Waals surface area contributed by atoms with Crippen molar-refractivity contribution in [3.05, 3.63) is 12.2 Å². The molecule has 0 aromatic heterocycles. The highest BCUT2D eigenvalue weighted by Gasteiger charge is 2.49. The van der Waals surface area contributed by atoms with E-state index in [1.807, 2.05) is 11.0 Å². The molecule has 4 aliphatic rings. The molecular weight excluding hydrogens is 254 g/mol. The number of nitrogens with zero attached hydrogens (tertiary/aromatic N) is 1. The number of piperidine rings is 1. The number of likely N-dealkylation sites (tertiary alicyclic amines) is 1. The Hall–Kier alpha value is -1.32. The number of allylic oxidation sites excluding steroid dienone is 2. The number of hydrogen-bond acceptors (Lipinski definition) is 2. The Bertz CT molecular complexity index is 445. The van der Waals surface area contributed by atoms with Crippen molar-refractivity contribution in [2.75, 3.05) is 6.54 Å². The molecule has 0 aromatic carbocycles. The lowest BCUT2D eigenvalue weighted by Crippen LogP contribution is -2.53. The van der Waals surface area contributed by atoms with E-state index in [9.17, 15) is 14.7 Å². The summed E-state index contributed by atoms with van der Waals surface area (Å²) in [5.74, 6) is -1.39. The topological polar surface area (TPSA) is 57.6 Å². The van der Waals surface area contributed by atoms with Crippen molar-refractivity contribution >= 4 is 11.9 Å². The number of rotatable bonds is 2. The van der Waals surface area contributed by atoms with Crippen LogP contribution in [0.15, 0.2) is 12.2 Å². The van der Waals surface area contributed by atoms with Gasteiger partial charge in [0.2, 0.25) is 5.91 Å². The zero-order valence-corrected chi connectivity index (χ0v) is 12.0. The molecule has 2 bridgehead atoms. The Morgan fingerprint density at radius 1 is 1.05 bits per heavy atom. The fourth-order valence-corrected chi connectivity index (χ4v) is 4.28. The molecule has 4 nitrogen and oxygen atoms in total. The van der Waals surface area contributed by atoms with Gasteiger partial charge in [0, 0.05) is 12.6 Å². The number of carboxylic acid groups (broad SMARTS) is 1. The van der Waals surface area contributed by atoms with Gasteiger partial charge in [-0.15, -0.1) is 0 Å². The molecular formula is C16H23NO3. The van der Waals surface area contributed by atoms with Gasteiger partial charge in [-0.2, -0.15) is 0 Å². The minimum Gasteiger partial charge on any atom is -0.481 e. The Balaban J connectivity index is 1.85. The van der Waals surface area contributed by atoms with Crippen molar-refractivity contribution in [2.24, 2.45) is 23.7 Å². The van der Waals surface area contributed by atoms with Gasteiger partial charge >= 0.3 is 5.97 Å². The van der Waals surface area contributed by atoms with Crippen molar-refractivity contribution in [3.8, 4) is 0 Å². The molecule has 4 rings (SSSR count). The van der Waals surface area contributed by atoms with Crippen LogP contribution in [0.1, 0.15) is 39.0 Å². The summed E-state index contributed by atoms with van der Waals surface area (Å²) in [6.45, 7) is 2.88. The average molecular weight is 277 g/mol. The van der Waals surface area contributed by atoms with Crippen LogP contribution in [-0.2, 0) is 9.59 Å². The summed E-state index contributed by atoms with van der Waals surface area (Å²) in [5.41, 5.74) is 0. The van der Waals surface area contributed by atoms with Gasteiger partial charge in [0.15, 0.2) is 0 Å². The fourth-order valence-electron chi connectivity index (χ4n) is 4.28. The Morgan fingerprint density at radius 2 is 1.70 bits per heavy atom. The summed E-state index contributed by atoms with van der Waals surface area (Å²) in [4.78, 5) is 26.5. The Kier molecular flexibility index (Phi) is 3.57. The van der Waals surface area contributed by atoms with Crippen LogP contribution in [-0.4, -0.2) is 34.5 Å². The number of fused-ring (bicyclic) bond motifs is 2. The molecule has 0 aromatic rings. The van der Waals surface area contributed by atoms with Crippen molar-refractivity contribution < 1.29 is 14.7 Å². The van der Waals surface area contributed by atoms with E-state index in [-0.39, 0.29) is 29.7 Å². The first-order valence-electron chi connectivity index (χ1n) is 7.81. The predicted octanol–water partition coefficient (Wildman–Crippen LogP) is 2.30. The molecule has 1 saturated heterocycles. The maximum Gasteiger partial charge on any atom is 0.307 e. The van der Waals surface area contributed by atoms with E-state index in [0.29, 0.717) is 0 Å². The number of carbonyl (C=O) groups is 2. The van der Waals surface area contributed by atoms with E-state index in [0.717, 1.165) is 32.2 Å². The standard InChI is InChI=1S/C16H23NO3/c1-10-4-2-3-9-17(10)15(18)13-11-5-7-12(8-6-11)14(13)16(19)20/h5,7,10-14H,2-4,6,8-9H2,1H3,(H,19,20)/t10-,11+,12-,13-,14-/m0/s1. The summed E-state index contributed by atoms with van der Waals surface area (Å²) in [6.07, 6.45) is 9.25. The average Bonchev–Trinajstić information content (AvgIpc) is 2.47. The Labute approximate surface area is 119 Å². The molecule has 0 radical (unpaired) electrons. The second-order valence-electron chi connectivity index (χ2n) is 6.56. The molecule has 4 heteroatoms. The van der Waals surface area contributed by atoms with Gasteiger partial charge < -0.3 is 10.0 Å². The van der Waals surface area contributed by atoms with E-state index in [4.69, 9.17) is 0 Å². The molecule has 1 saturated carbocycles. The zero-order valence-electron chi connectivity index (χ0n) is 12.0. The number of carboxylic acids is 1. The highest BCUT2D eigenvalue weighted by atomic mass is 16.4. The summed E-state index contributed by atoms with van der Waals surface area (Å²) in [5, 5.41) is 9.54. The molecule has 1 aliphatic heterocycles. The SMILES string of the molecule is C[C@H]1CCCCN1C(=O)[C@@H]1[C@@H](C(=O)O)[C@H]2C=C[C@@H]1CC2. The van der Waals surface area contributed by atoms with Crippen molar-refractivity contribution in [2.45, 2.75) is 45.1 Å². The lowest BCUT2D eigenvalue weighted by molar-refractivity contribution is -0.158. The van der Waals surface area contributed by atoms with Crippen molar-refractivity contribution in [1.82, 2.24) is 4.90 Å². The maximum atomic E-state index is 12.9. The van der Waals surface area contributed by atoms with Gasteiger partial charge in [-0.1, -0.05) is 12.2 Å². The molecule has 3 aliphatic carbocycles. The molecule has 20 heavy (non-hydrogen) atoms. The Morgan fingerprint density at radius 3 is 2.25 bits per heavy atom. The van der Waals surface area contributed by atoms with Gasteiger partial charge in [-0.3, -0.25) is 9.59 Å². The molecule has 1 heterocycles. The monoisotopic (exact) mass is 277 g/mol. The van der Waals surface area contributed by atoms with Crippen LogP contribution < -0.4 is 0 Å². The smallest absolute Gasteiger partial charge is 0.307 e. The minimum atomic E-state index is -0.799. The molecule has 1 amide bonds. The van der Waals surface area contributed by atoms with Crippen LogP contribution in [0.2, 0.25) is 0 Å². The van der Waals surface area contributed by atoms with Crippen LogP contribution in [0.25, 0.3) is 0 Å². The molecule has 2 fully saturated rings. The maximum absolute atomic E-state index is 12.9. The number of amides is 1. The third-order valence-corrected chi connectivity index (χ3v) is 5.40. The fraction of sp³-hybridized carbons (Fsp3) is 0.750. The first kappa shape index (κ1) is 13.7. The molecule has 110 valence electrons. The highest BCUT2D eigenvalue weighted by molar-refractivity contribution is 5.86. The number of carbonyl (C=O) groups excluding carboxylic acids is 1. The van der Waals surface area contributed by atoms with Crippen LogP contribution in [0.3, 0.4) is 0 Å². The van der Waals surface area contributed by atoms with Gasteiger partial charge in [-0.05, 0) is 50.9 Å². The van der Waals surface area contributed by atoms with E-state index < -0.39 is 11.9 Å². The van der Waals surface area contributed by atoms with Crippen molar-refractivity contribution in [1.29, 1.82) is 0 Å². The first-order valence-corrected chi connectivity index (χ1v) is 7.81. The van der Waals surface area contributed by atoms with Gasteiger partial charge in [0.05, 0.1) is 11.8 Å². The summed E-state index contributed by atoms with van der Waals surface area (Å²) in [7, 11) is 0. The predicted molar refractivity (Wildman–Crippen MR) is 75.0 cm³/mol. The summed E-state index contributed by atoms with van der Waals surface area (Å²) < 4.78 is 0. The number of aliphatic carboxylic acids is 1. The zero-order chi connectivity index (χ0) is 14.3. The van der Waals surface area contributed by atoms with E-state index in [1.54, 1.807) is 0 Å². The minimum absolute atomic E-state index is 0.0477. The van der Waals surface area contributed by atoms with Crippen LogP contribution in [0, 0.1) is 23.7 Å². The summed E-state index contributed by atoms with van der Waals surface area (Å²) >= 11 is 0. The van der Waals surface area contributed by atoms with E-state index in [2.05, 4.69) is 13.0 Å². The van der Waals surface area contributed by atoms with Crippen LogP contribution in [0.4, 0.5) is 0 Å².